The maximum Gasteiger partial charge on any atom is 0.337 e. The second-order valence-corrected chi connectivity index (χ2v) is 5.35. The minimum absolute atomic E-state index is 0.0293. The van der Waals surface area contributed by atoms with Crippen LogP contribution in [0.5, 0.6) is 0 Å². The second kappa shape index (κ2) is 6.72. The molecule has 1 heterocycles. The van der Waals surface area contributed by atoms with E-state index in [1.54, 1.807) is 6.07 Å². The van der Waals surface area contributed by atoms with Crippen molar-refractivity contribution < 1.29 is 14.7 Å². The summed E-state index contributed by atoms with van der Waals surface area (Å²) in [7, 11) is 0. The van der Waals surface area contributed by atoms with E-state index in [4.69, 9.17) is 16.7 Å². The molecule has 108 valence electrons. The van der Waals surface area contributed by atoms with Gasteiger partial charge in [0.15, 0.2) is 0 Å². The van der Waals surface area contributed by atoms with Gasteiger partial charge in [-0.2, -0.15) is 0 Å². The first-order valence-electron chi connectivity index (χ1n) is 6.59. The van der Waals surface area contributed by atoms with Gasteiger partial charge in [0.2, 0.25) is 5.91 Å². The van der Waals surface area contributed by atoms with E-state index in [0.29, 0.717) is 18.0 Å². The van der Waals surface area contributed by atoms with Crippen LogP contribution in [0.2, 0.25) is 5.02 Å². The average Bonchev–Trinajstić information content (AvgIpc) is 2.89. The van der Waals surface area contributed by atoms with Gasteiger partial charge in [-0.15, -0.1) is 0 Å². The molecule has 1 saturated heterocycles. The lowest BCUT2D eigenvalue weighted by molar-refractivity contribution is -0.116. The Balaban J connectivity index is 1.87. The van der Waals surface area contributed by atoms with Crippen molar-refractivity contribution in [1.82, 2.24) is 5.32 Å². The first kappa shape index (κ1) is 14.8. The number of benzene rings is 1. The number of anilines is 1. The van der Waals surface area contributed by atoms with Crippen molar-refractivity contribution in [1.29, 1.82) is 0 Å². The van der Waals surface area contributed by atoms with Crippen LogP contribution in [0.1, 0.15) is 29.6 Å². The molecular formula is C14H17ClN2O3. The van der Waals surface area contributed by atoms with Crippen molar-refractivity contribution in [2.45, 2.75) is 19.3 Å². The zero-order valence-corrected chi connectivity index (χ0v) is 11.7. The van der Waals surface area contributed by atoms with Gasteiger partial charge in [0.25, 0.3) is 0 Å². The smallest absolute Gasteiger partial charge is 0.337 e. The van der Waals surface area contributed by atoms with Crippen molar-refractivity contribution in [3.8, 4) is 0 Å². The van der Waals surface area contributed by atoms with Crippen LogP contribution in [0.15, 0.2) is 18.2 Å². The number of rotatable bonds is 5. The highest BCUT2D eigenvalue weighted by Crippen LogP contribution is 2.21. The Labute approximate surface area is 122 Å². The van der Waals surface area contributed by atoms with Crippen molar-refractivity contribution in [2.24, 2.45) is 5.92 Å². The SMILES string of the molecule is O=C(CCC1CCNC1)Nc1ccc(C(=O)O)c(Cl)c1. The molecule has 1 aliphatic rings. The number of carbonyl (C=O) groups is 2. The molecule has 2 rings (SSSR count). The van der Waals surface area contributed by atoms with Gasteiger partial charge in [-0.3, -0.25) is 4.79 Å². The molecule has 0 spiro atoms. The molecule has 1 aliphatic heterocycles. The summed E-state index contributed by atoms with van der Waals surface area (Å²) in [6.07, 6.45) is 2.44. The third-order valence-corrected chi connectivity index (χ3v) is 3.74. The molecule has 1 amide bonds. The summed E-state index contributed by atoms with van der Waals surface area (Å²) in [5.74, 6) is -0.587. The molecule has 1 atom stereocenters. The molecule has 1 aromatic rings. The van der Waals surface area contributed by atoms with E-state index in [2.05, 4.69) is 10.6 Å². The zero-order valence-electron chi connectivity index (χ0n) is 11.0. The fourth-order valence-electron chi connectivity index (χ4n) is 2.29. The predicted molar refractivity (Wildman–Crippen MR) is 77.3 cm³/mol. The van der Waals surface area contributed by atoms with Crippen molar-refractivity contribution in [3.05, 3.63) is 28.8 Å². The summed E-state index contributed by atoms with van der Waals surface area (Å²) >= 11 is 5.85. The standard InChI is InChI=1S/C14H17ClN2O3/c15-12-7-10(2-3-11(12)14(19)20)17-13(18)4-1-9-5-6-16-8-9/h2-3,7,9,16H,1,4-6,8H2,(H,17,18)(H,19,20). The lowest BCUT2D eigenvalue weighted by Gasteiger charge is -2.09. The average molecular weight is 297 g/mol. The molecule has 1 unspecified atom stereocenters. The number of carboxylic acid groups (broad SMARTS) is 1. The molecule has 1 fully saturated rings. The van der Waals surface area contributed by atoms with Crippen LogP contribution >= 0.6 is 11.6 Å². The monoisotopic (exact) mass is 296 g/mol. The Kier molecular flexibility index (Phi) is 4.98. The maximum atomic E-state index is 11.8. The molecule has 0 bridgehead atoms. The normalized spacial score (nSPS) is 17.9. The van der Waals surface area contributed by atoms with Gasteiger partial charge in [0.05, 0.1) is 10.6 Å². The second-order valence-electron chi connectivity index (χ2n) is 4.95. The molecule has 0 saturated carbocycles. The number of carboxylic acids is 1. The van der Waals surface area contributed by atoms with Crippen LogP contribution in [0, 0.1) is 5.92 Å². The van der Waals surface area contributed by atoms with Gasteiger partial charge in [-0.05, 0) is 50.0 Å². The van der Waals surface area contributed by atoms with Gasteiger partial charge in [0, 0.05) is 12.1 Å². The van der Waals surface area contributed by atoms with Crippen LogP contribution < -0.4 is 10.6 Å². The Hall–Kier alpha value is -1.59. The van der Waals surface area contributed by atoms with E-state index in [0.717, 1.165) is 25.9 Å². The van der Waals surface area contributed by atoms with E-state index in [-0.39, 0.29) is 16.5 Å². The molecule has 5 nitrogen and oxygen atoms in total. The number of halogens is 1. The third-order valence-electron chi connectivity index (χ3n) is 3.43. The van der Waals surface area contributed by atoms with Crippen LogP contribution in [0.25, 0.3) is 0 Å². The van der Waals surface area contributed by atoms with Gasteiger partial charge < -0.3 is 15.7 Å². The first-order chi connectivity index (χ1) is 9.56. The van der Waals surface area contributed by atoms with Crippen molar-refractivity contribution in [2.75, 3.05) is 18.4 Å². The summed E-state index contributed by atoms with van der Waals surface area (Å²) in [5, 5.41) is 15.0. The number of amides is 1. The lowest BCUT2D eigenvalue weighted by Crippen LogP contribution is -2.15. The van der Waals surface area contributed by atoms with Crippen molar-refractivity contribution in [3.63, 3.8) is 0 Å². The summed E-state index contributed by atoms with van der Waals surface area (Å²) in [6, 6.07) is 4.39. The zero-order chi connectivity index (χ0) is 14.5. The minimum atomic E-state index is -1.08. The summed E-state index contributed by atoms with van der Waals surface area (Å²) in [4.78, 5) is 22.6. The number of hydrogen-bond donors (Lipinski definition) is 3. The van der Waals surface area contributed by atoms with Gasteiger partial charge in [0.1, 0.15) is 0 Å². The quantitative estimate of drug-likeness (QED) is 0.779. The first-order valence-corrected chi connectivity index (χ1v) is 6.97. The highest BCUT2D eigenvalue weighted by atomic mass is 35.5. The Morgan fingerprint density at radius 2 is 2.25 bits per heavy atom. The molecule has 6 heteroatoms. The van der Waals surface area contributed by atoms with Crippen LogP contribution in [-0.2, 0) is 4.79 Å². The lowest BCUT2D eigenvalue weighted by atomic mass is 10.0. The number of hydrogen-bond acceptors (Lipinski definition) is 3. The van der Waals surface area contributed by atoms with Crippen molar-refractivity contribution >= 4 is 29.2 Å². The molecule has 0 aliphatic carbocycles. The Morgan fingerprint density at radius 1 is 1.45 bits per heavy atom. The molecule has 3 N–H and O–H groups in total. The number of aromatic carboxylic acids is 1. The summed E-state index contributed by atoms with van der Waals surface area (Å²) in [6.45, 7) is 2.00. The number of nitrogens with one attached hydrogen (secondary N) is 2. The topological polar surface area (TPSA) is 78.4 Å². The molecule has 1 aromatic carbocycles. The van der Waals surface area contributed by atoms with E-state index in [9.17, 15) is 9.59 Å². The van der Waals surface area contributed by atoms with Crippen LogP contribution in [0.3, 0.4) is 0 Å². The highest BCUT2D eigenvalue weighted by Gasteiger charge is 2.16. The minimum Gasteiger partial charge on any atom is -0.478 e. The van der Waals surface area contributed by atoms with Gasteiger partial charge in [-0.25, -0.2) is 4.79 Å². The van der Waals surface area contributed by atoms with Gasteiger partial charge >= 0.3 is 5.97 Å². The molecule has 0 aromatic heterocycles. The largest absolute Gasteiger partial charge is 0.478 e. The molecule has 20 heavy (non-hydrogen) atoms. The summed E-state index contributed by atoms with van der Waals surface area (Å²) in [5.41, 5.74) is 0.552. The highest BCUT2D eigenvalue weighted by molar-refractivity contribution is 6.33. The Bertz CT molecular complexity index is 513. The Morgan fingerprint density at radius 3 is 2.85 bits per heavy atom. The molecule has 0 radical (unpaired) electrons. The van der Waals surface area contributed by atoms with E-state index < -0.39 is 5.97 Å². The summed E-state index contributed by atoms with van der Waals surface area (Å²) < 4.78 is 0. The van der Waals surface area contributed by atoms with E-state index in [1.165, 1.54) is 12.1 Å². The third kappa shape index (κ3) is 3.95. The predicted octanol–water partition coefficient (Wildman–Crippen LogP) is 2.37. The van der Waals surface area contributed by atoms with Crippen LogP contribution in [-0.4, -0.2) is 30.1 Å². The number of carbonyl (C=O) groups excluding carboxylic acids is 1. The van der Waals surface area contributed by atoms with E-state index in [1.807, 2.05) is 0 Å². The van der Waals surface area contributed by atoms with Crippen LogP contribution in [0.4, 0.5) is 5.69 Å². The molecular weight excluding hydrogens is 280 g/mol. The fourth-order valence-corrected chi connectivity index (χ4v) is 2.55. The maximum absolute atomic E-state index is 11.8. The van der Waals surface area contributed by atoms with Gasteiger partial charge in [-0.1, -0.05) is 11.6 Å². The van der Waals surface area contributed by atoms with E-state index >= 15 is 0 Å². The fraction of sp³-hybridized carbons (Fsp3) is 0.429.